The van der Waals surface area contributed by atoms with Crippen LogP contribution in [0.1, 0.15) is 213 Å². The van der Waals surface area contributed by atoms with E-state index in [9.17, 15) is 14.4 Å². The number of hydrogen-bond acceptors (Lipinski definition) is 6. The SMILES string of the molecule is CC/C=C/C/C=C/C/C=C/CCCCCCC(=O)OCC(COC(=O)CC/C=C/C/C=C/CCCCCCCC)OC(=O)CCCCCCCCC/C=C/C/C=C/CC. The number of allylic oxidation sites excluding steroid dienone is 14. The lowest BCUT2D eigenvalue weighted by atomic mass is 10.1. The zero-order valence-corrected chi connectivity index (χ0v) is 38.2. The Bertz CT molecular complexity index is 1170. The number of unbranched alkanes of at least 4 members (excludes halogenated alkanes) is 17. The van der Waals surface area contributed by atoms with Crippen LogP contribution in [0.5, 0.6) is 0 Å². The van der Waals surface area contributed by atoms with Crippen molar-refractivity contribution in [3.63, 3.8) is 0 Å². The quantitative estimate of drug-likeness (QED) is 0.0264. The zero-order valence-electron chi connectivity index (χ0n) is 38.2. The Morgan fingerprint density at radius 1 is 0.356 bits per heavy atom. The molecule has 0 bridgehead atoms. The Morgan fingerprint density at radius 2 is 0.695 bits per heavy atom. The van der Waals surface area contributed by atoms with Gasteiger partial charge in [-0.15, -0.1) is 0 Å². The molecule has 0 saturated heterocycles. The van der Waals surface area contributed by atoms with Gasteiger partial charge in [-0.25, -0.2) is 0 Å². The first kappa shape index (κ1) is 55.6. The highest BCUT2D eigenvalue weighted by molar-refractivity contribution is 5.71. The fourth-order valence-electron chi connectivity index (χ4n) is 6.31. The maximum atomic E-state index is 12.8. The summed E-state index contributed by atoms with van der Waals surface area (Å²) in [6, 6.07) is 0. The number of ether oxygens (including phenoxy) is 3. The third kappa shape index (κ3) is 45.5. The van der Waals surface area contributed by atoms with Crippen LogP contribution in [0.4, 0.5) is 0 Å². The highest BCUT2D eigenvalue weighted by atomic mass is 16.6. The molecule has 6 nitrogen and oxygen atoms in total. The zero-order chi connectivity index (χ0) is 43.0. The minimum atomic E-state index is -0.811. The molecule has 0 aromatic rings. The first-order valence-electron chi connectivity index (χ1n) is 24.1. The van der Waals surface area contributed by atoms with E-state index in [4.69, 9.17) is 14.2 Å². The third-order valence-corrected chi connectivity index (χ3v) is 9.88. The van der Waals surface area contributed by atoms with Gasteiger partial charge in [-0.3, -0.25) is 14.4 Å². The third-order valence-electron chi connectivity index (χ3n) is 9.88. The van der Waals surface area contributed by atoms with E-state index in [0.29, 0.717) is 19.3 Å². The highest BCUT2D eigenvalue weighted by Crippen LogP contribution is 2.13. The van der Waals surface area contributed by atoms with E-state index in [1.165, 1.54) is 64.2 Å². The molecular formula is C53H88O6. The fourth-order valence-corrected chi connectivity index (χ4v) is 6.31. The smallest absolute Gasteiger partial charge is 0.306 e. The molecule has 1 atom stereocenters. The van der Waals surface area contributed by atoms with Crippen LogP contribution in [-0.4, -0.2) is 37.2 Å². The van der Waals surface area contributed by atoms with Crippen molar-refractivity contribution in [2.75, 3.05) is 13.2 Å². The number of rotatable bonds is 42. The monoisotopic (exact) mass is 821 g/mol. The van der Waals surface area contributed by atoms with Crippen LogP contribution in [-0.2, 0) is 28.6 Å². The first-order chi connectivity index (χ1) is 29.0. The largest absolute Gasteiger partial charge is 0.462 e. The van der Waals surface area contributed by atoms with Gasteiger partial charge in [-0.1, -0.05) is 183 Å². The minimum Gasteiger partial charge on any atom is -0.462 e. The Kier molecular flexibility index (Phi) is 44.5. The normalized spacial score (nSPS) is 12.8. The molecule has 0 fully saturated rings. The molecule has 0 saturated carbocycles. The Morgan fingerprint density at radius 3 is 1.14 bits per heavy atom. The average Bonchev–Trinajstić information content (AvgIpc) is 3.23. The molecule has 0 aromatic carbocycles. The molecule has 0 spiro atoms. The van der Waals surface area contributed by atoms with Gasteiger partial charge in [-0.05, 0) is 96.3 Å². The summed E-state index contributed by atoms with van der Waals surface area (Å²) < 4.78 is 16.7. The molecule has 336 valence electrons. The number of esters is 3. The van der Waals surface area contributed by atoms with Crippen molar-refractivity contribution in [1.29, 1.82) is 0 Å². The minimum absolute atomic E-state index is 0.110. The second kappa shape index (κ2) is 47.3. The Hall–Kier alpha value is -3.41. The molecule has 0 aliphatic heterocycles. The van der Waals surface area contributed by atoms with E-state index < -0.39 is 6.10 Å². The van der Waals surface area contributed by atoms with E-state index in [2.05, 4.69) is 99.8 Å². The van der Waals surface area contributed by atoms with Crippen molar-refractivity contribution < 1.29 is 28.6 Å². The van der Waals surface area contributed by atoms with E-state index >= 15 is 0 Å². The Balaban J connectivity index is 4.51. The number of carbonyl (C=O) groups is 3. The number of hydrogen-bond donors (Lipinski definition) is 0. The van der Waals surface area contributed by atoms with Crippen molar-refractivity contribution in [2.24, 2.45) is 0 Å². The predicted octanol–water partition coefficient (Wildman–Crippen LogP) is 15.6. The van der Waals surface area contributed by atoms with Gasteiger partial charge in [0.2, 0.25) is 0 Å². The Labute approximate surface area is 363 Å². The van der Waals surface area contributed by atoms with Gasteiger partial charge in [0, 0.05) is 19.3 Å². The summed E-state index contributed by atoms with van der Waals surface area (Å²) in [6.07, 6.45) is 60.1. The average molecular weight is 821 g/mol. The first-order valence-corrected chi connectivity index (χ1v) is 24.1. The molecule has 0 N–H and O–H groups in total. The summed E-state index contributed by atoms with van der Waals surface area (Å²) in [5.74, 6) is -1.01. The maximum Gasteiger partial charge on any atom is 0.306 e. The van der Waals surface area contributed by atoms with Gasteiger partial charge in [0.15, 0.2) is 6.10 Å². The summed E-state index contributed by atoms with van der Waals surface area (Å²) in [5, 5.41) is 0. The number of carbonyl (C=O) groups excluding carboxylic acids is 3. The van der Waals surface area contributed by atoms with Gasteiger partial charge in [0.1, 0.15) is 13.2 Å². The molecule has 0 aromatic heterocycles. The standard InChI is InChI=1S/C53H88O6/c1-4-7-10-13-16-19-22-25-28-31-34-37-40-43-46-52(55)58-49-50(48-57-51(54)45-42-39-36-33-30-27-24-21-18-15-12-9-6-3)59-53(56)47-44-41-38-35-32-29-26-23-20-17-14-11-8-5-2/h7-8,10-11,16-17,19-20,25,27-28,30,36,39,50H,4-6,9,12-15,18,21-24,26,29,31-35,37-38,40-49H2,1-3H3/b10-7+,11-8+,19-16+,20-17+,28-25+,30-27+,39-36+. The van der Waals surface area contributed by atoms with Crippen molar-refractivity contribution in [1.82, 2.24) is 0 Å². The van der Waals surface area contributed by atoms with Crippen molar-refractivity contribution in [3.05, 3.63) is 85.1 Å². The van der Waals surface area contributed by atoms with E-state index in [1.807, 2.05) is 6.08 Å². The van der Waals surface area contributed by atoms with Crippen LogP contribution < -0.4 is 0 Å². The summed E-state index contributed by atoms with van der Waals surface area (Å²) in [6.45, 7) is 6.31. The summed E-state index contributed by atoms with van der Waals surface area (Å²) >= 11 is 0. The molecule has 0 radical (unpaired) electrons. The molecule has 0 rings (SSSR count). The molecule has 0 aliphatic carbocycles. The van der Waals surface area contributed by atoms with Crippen LogP contribution in [0, 0.1) is 0 Å². The molecule has 1 unspecified atom stereocenters. The lowest BCUT2D eigenvalue weighted by molar-refractivity contribution is -0.166. The van der Waals surface area contributed by atoms with Crippen molar-refractivity contribution in [2.45, 2.75) is 219 Å². The topological polar surface area (TPSA) is 78.9 Å². The molecule has 59 heavy (non-hydrogen) atoms. The van der Waals surface area contributed by atoms with Crippen molar-refractivity contribution in [3.8, 4) is 0 Å². The molecule has 0 heterocycles. The van der Waals surface area contributed by atoms with Crippen molar-refractivity contribution >= 4 is 17.9 Å². The highest BCUT2D eigenvalue weighted by Gasteiger charge is 2.19. The van der Waals surface area contributed by atoms with Gasteiger partial charge in [0.25, 0.3) is 0 Å². The summed E-state index contributed by atoms with van der Waals surface area (Å²) in [4.78, 5) is 37.8. The van der Waals surface area contributed by atoms with E-state index in [0.717, 1.165) is 103 Å². The molecular weight excluding hydrogens is 733 g/mol. The predicted molar refractivity (Wildman–Crippen MR) is 251 cm³/mol. The molecule has 6 heteroatoms. The van der Waals surface area contributed by atoms with Crippen LogP contribution in [0.3, 0.4) is 0 Å². The van der Waals surface area contributed by atoms with Gasteiger partial charge in [0.05, 0.1) is 0 Å². The van der Waals surface area contributed by atoms with Crippen LogP contribution >= 0.6 is 0 Å². The molecule has 0 aliphatic rings. The second-order valence-corrected chi connectivity index (χ2v) is 15.6. The maximum absolute atomic E-state index is 12.8. The lowest BCUT2D eigenvalue weighted by Gasteiger charge is -2.18. The van der Waals surface area contributed by atoms with Crippen LogP contribution in [0.2, 0.25) is 0 Å². The summed E-state index contributed by atoms with van der Waals surface area (Å²) in [5.41, 5.74) is 0. The fraction of sp³-hybridized carbons (Fsp3) is 0.679. The van der Waals surface area contributed by atoms with Gasteiger partial charge >= 0.3 is 17.9 Å². The summed E-state index contributed by atoms with van der Waals surface area (Å²) in [7, 11) is 0. The van der Waals surface area contributed by atoms with E-state index in [-0.39, 0.29) is 37.5 Å². The lowest BCUT2D eigenvalue weighted by Crippen LogP contribution is -2.30. The van der Waals surface area contributed by atoms with E-state index in [1.54, 1.807) is 0 Å². The van der Waals surface area contributed by atoms with Crippen LogP contribution in [0.15, 0.2) is 85.1 Å². The van der Waals surface area contributed by atoms with Gasteiger partial charge < -0.3 is 14.2 Å². The van der Waals surface area contributed by atoms with Gasteiger partial charge in [-0.2, -0.15) is 0 Å². The second-order valence-electron chi connectivity index (χ2n) is 15.6. The van der Waals surface area contributed by atoms with Crippen LogP contribution in [0.25, 0.3) is 0 Å². The molecule has 0 amide bonds.